The van der Waals surface area contributed by atoms with Crippen molar-refractivity contribution in [3.05, 3.63) is 11.5 Å². The molecule has 0 saturated carbocycles. The highest BCUT2D eigenvalue weighted by atomic mass is 16.7. The van der Waals surface area contributed by atoms with E-state index in [2.05, 4.69) is 47.5 Å². The van der Waals surface area contributed by atoms with Crippen LogP contribution in [0.3, 0.4) is 0 Å². The maximum atomic E-state index is 12.4. The predicted molar refractivity (Wildman–Crippen MR) is 100 cm³/mol. The Bertz CT molecular complexity index is 544. The van der Waals surface area contributed by atoms with E-state index >= 15 is 0 Å². The van der Waals surface area contributed by atoms with Gasteiger partial charge in [0.2, 0.25) is 0 Å². The molecule has 2 saturated heterocycles. The van der Waals surface area contributed by atoms with E-state index in [9.17, 15) is 4.79 Å². The maximum Gasteiger partial charge on any atom is 0.487 e. The highest BCUT2D eigenvalue weighted by Gasteiger charge is 2.51. The Balaban J connectivity index is 2.08. The monoisotopic (exact) mass is 351 g/mol. The lowest BCUT2D eigenvalue weighted by atomic mass is 9.73. The Hall–Kier alpha value is -1.01. The van der Waals surface area contributed by atoms with Gasteiger partial charge in [-0.1, -0.05) is 25.4 Å². The maximum absolute atomic E-state index is 12.4. The zero-order chi connectivity index (χ0) is 19.3. The summed E-state index contributed by atoms with van der Waals surface area (Å²) in [5.41, 5.74) is -0.0175. The number of nitrogens with zero attached hydrogens (tertiary/aromatic N) is 1. The van der Waals surface area contributed by atoms with Gasteiger partial charge >= 0.3 is 13.2 Å². The smallest absolute Gasteiger partial charge is 0.444 e. The average Bonchev–Trinajstić information content (AvgIpc) is 2.57. The summed E-state index contributed by atoms with van der Waals surface area (Å²) in [6.45, 7) is 19.5. The van der Waals surface area contributed by atoms with Gasteiger partial charge in [0.15, 0.2) is 0 Å². The Morgan fingerprint density at radius 2 is 1.64 bits per heavy atom. The third-order valence-electron chi connectivity index (χ3n) is 5.37. The number of hydrogen-bond donors (Lipinski definition) is 0. The minimum absolute atomic E-state index is 0.140. The molecule has 2 heterocycles. The quantitative estimate of drug-likeness (QED) is 0.664. The van der Waals surface area contributed by atoms with Gasteiger partial charge in [-0.25, -0.2) is 4.79 Å². The Kier molecular flexibility index (Phi) is 5.12. The predicted octanol–water partition coefficient (Wildman–Crippen LogP) is 4.21. The molecule has 0 aromatic carbocycles. The lowest BCUT2D eigenvalue weighted by molar-refractivity contribution is 0.00578. The lowest BCUT2D eigenvalue weighted by Gasteiger charge is -2.41. The average molecular weight is 351 g/mol. The molecule has 0 N–H and O–H groups in total. The highest BCUT2D eigenvalue weighted by Crippen LogP contribution is 2.40. The summed E-state index contributed by atoms with van der Waals surface area (Å²) in [4.78, 5) is 14.2. The van der Waals surface area contributed by atoms with Crippen LogP contribution in [-0.4, -0.2) is 48.0 Å². The first-order valence-electron chi connectivity index (χ1n) is 9.18. The van der Waals surface area contributed by atoms with Crippen LogP contribution < -0.4 is 0 Å². The molecular weight excluding hydrogens is 317 g/mol. The third kappa shape index (κ3) is 4.59. The van der Waals surface area contributed by atoms with Gasteiger partial charge in [0.05, 0.1) is 11.2 Å². The van der Waals surface area contributed by atoms with Crippen LogP contribution in [-0.2, 0) is 14.0 Å². The van der Waals surface area contributed by atoms with Crippen LogP contribution in [0.25, 0.3) is 0 Å². The van der Waals surface area contributed by atoms with Gasteiger partial charge in [0.25, 0.3) is 0 Å². The largest absolute Gasteiger partial charge is 0.487 e. The molecule has 2 aliphatic rings. The molecule has 2 fully saturated rings. The van der Waals surface area contributed by atoms with E-state index < -0.39 is 5.60 Å². The first-order valence-corrected chi connectivity index (χ1v) is 9.18. The molecule has 0 aliphatic carbocycles. The van der Waals surface area contributed by atoms with Crippen LogP contribution in [0, 0.1) is 5.41 Å². The highest BCUT2D eigenvalue weighted by molar-refractivity contribution is 6.51. The number of rotatable bonds is 1. The van der Waals surface area contributed by atoms with Crippen molar-refractivity contribution in [2.45, 2.75) is 85.5 Å². The molecule has 0 radical (unpaired) electrons. The van der Waals surface area contributed by atoms with E-state index in [1.54, 1.807) is 4.90 Å². The number of piperidine rings is 1. The molecule has 0 bridgehead atoms. The fraction of sp³-hybridized carbons (Fsp3) is 0.842. The Labute approximate surface area is 153 Å². The van der Waals surface area contributed by atoms with Crippen molar-refractivity contribution in [2.24, 2.45) is 5.41 Å². The molecule has 0 atom stereocenters. The molecule has 0 spiro atoms. The molecule has 142 valence electrons. The number of likely N-dealkylation sites (tertiary alicyclic amines) is 1. The van der Waals surface area contributed by atoms with Gasteiger partial charge < -0.3 is 18.9 Å². The van der Waals surface area contributed by atoms with Gasteiger partial charge in [-0.15, -0.1) is 0 Å². The summed E-state index contributed by atoms with van der Waals surface area (Å²) in [5.74, 6) is 2.10. The molecule has 0 aromatic heterocycles. The molecule has 5 nitrogen and oxygen atoms in total. The van der Waals surface area contributed by atoms with E-state index in [4.69, 9.17) is 14.0 Å². The number of amides is 1. The third-order valence-corrected chi connectivity index (χ3v) is 5.37. The fourth-order valence-electron chi connectivity index (χ4n) is 3.16. The topological polar surface area (TPSA) is 48.0 Å². The zero-order valence-electron chi connectivity index (χ0n) is 17.4. The SMILES string of the molecule is CC(C)(C)OC(=O)N1CCC(=CB2OC(C)(C)C(C)(C)O2)C(C)(C)C1. The van der Waals surface area contributed by atoms with E-state index in [1.807, 2.05) is 20.8 Å². The first kappa shape index (κ1) is 20.3. The van der Waals surface area contributed by atoms with Crippen LogP contribution in [0.4, 0.5) is 4.79 Å². The molecule has 0 aromatic rings. The number of carbonyl (C=O) groups is 1. The molecule has 6 heteroatoms. The second-order valence-corrected chi connectivity index (χ2v) is 9.85. The normalized spacial score (nSPS) is 26.8. The van der Waals surface area contributed by atoms with Crippen LogP contribution in [0.15, 0.2) is 11.5 Å². The van der Waals surface area contributed by atoms with Crippen molar-refractivity contribution in [1.82, 2.24) is 4.90 Å². The number of carbonyl (C=O) groups excluding carboxylic acids is 1. The Morgan fingerprint density at radius 1 is 1.12 bits per heavy atom. The lowest BCUT2D eigenvalue weighted by Crippen LogP contribution is -2.47. The van der Waals surface area contributed by atoms with Crippen LogP contribution in [0.1, 0.15) is 68.7 Å². The van der Waals surface area contributed by atoms with Crippen molar-refractivity contribution in [2.75, 3.05) is 13.1 Å². The molecular formula is C19H34BNO4. The van der Waals surface area contributed by atoms with Gasteiger partial charge in [-0.3, -0.25) is 0 Å². The summed E-state index contributed by atoms with van der Waals surface area (Å²) >= 11 is 0. The second kappa shape index (κ2) is 6.31. The molecule has 1 amide bonds. The van der Waals surface area contributed by atoms with E-state index in [0.29, 0.717) is 13.1 Å². The van der Waals surface area contributed by atoms with Crippen molar-refractivity contribution >= 4 is 13.2 Å². The summed E-state index contributed by atoms with van der Waals surface area (Å²) in [7, 11) is -0.340. The van der Waals surface area contributed by atoms with Gasteiger partial charge in [0, 0.05) is 18.5 Å². The number of hydrogen-bond acceptors (Lipinski definition) is 4. The van der Waals surface area contributed by atoms with E-state index in [0.717, 1.165) is 6.42 Å². The van der Waals surface area contributed by atoms with Crippen molar-refractivity contribution in [1.29, 1.82) is 0 Å². The summed E-state index contributed by atoms with van der Waals surface area (Å²) in [6, 6.07) is 0. The minimum Gasteiger partial charge on any atom is -0.444 e. The van der Waals surface area contributed by atoms with Crippen LogP contribution >= 0.6 is 0 Å². The van der Waals surface area contributed by atoms with Crippen molar-refractivity contribution < 1.29 is 18.8 Å². The standard InChI is InChI=1S/C19H34BNO4/c1-16(2,3)23-15(22)21-11-10-14(17(4,5)13-21)12-20-24-18(6,7)19(8,9)25-20/h12H,10-11,13H2,1-9H3. The molecule has 2 aliphatic heterocycles. The fourth-order valence-corrected chi connectivity index (χ4v) is 3.16. The van der Waals surface area contributed by atoms with Gasteiger partial charge in [-0.2, -0.15) is 0 Å². The molecule has 0 unspecified atom stereocenters. The van der Waals surface area contributed by atoms with Crippen LogP contribution in [0.5, 0.6) is 0 Å². The van der Waals surface area contributed by atoms with Gasteiger partial charge in [0.1, 0.15) is 5.60 Å². The minimum atomic E-state index is -0.472. The summed E-state index contributed by atoms with van der Waals surface area (Å²) in [6.07, 6.45) is 0.561. The van der Waals surface area contributed by atoms with Crippen molar-refractivity contribution in [3.63, 3.8) is 0 Å². The van der Waals surface area contributed by atoms with E-state index in [-0.39, 0.29) is 29.8 Å². The summed E-state index contributed by atoms with van der Waals surface area (Å²) in [5, 5.41) is 0. The number of ether oxygens (including phenoxy) is 1. The summed E-state index contributed by atoms with van der Waals surface area (Å²) < 4.78 is 17.7. The van der Waals surface area contributed by atoms with E-state index in [1.165, 1.54) is 5.57 Å². The Morgan fingerprint density at radius 3 is 2.08 bits per heavy atom. The molecule has 25 heavy (non-hydrogen) atoms. The van der Waals surface area contributed by atoms with Crippen LogP contribution in [0.2, 0.25) is 0 Å². The van der Waals surface area contributed by atoms with Crippen molar-refractivity contribution in [3.8, 4) is 0 Å². The molecule has 2 rings (SSSR count). The van der Waals surface area contributed by atoms with Gasteiger partial charge in [-0.05, 0) is 54.9 Å². The first-order chi connectivity index (χ1) is 11.1. The second-order valence-electron chi connectivity index (χ2n) is 9.85. The zero-order valence-corrected chi connectivity index (χ0v) is 17.4.